The third-order valence-corrected chi connectivity index (χ3v) is 16.0. The second-order valence-corrected chi connectivity index (χ2v) is 24.8. The van der Waals surface area contributed by atoms with E-state index in [4.69, 9.17) is 14.4 Å². The Kier molecular flexibility index (Phi) is 17.0. The van der Waals surface area contributed by atoms with Crippen LogP contribution in [-0.2, 0) is 31.3 Å². The fraction of sp³-hybridized carbons (Fsp3) is 0.433. The number of aryl methyl sites for hydroxylation is 3. The van der Waals surface area contributed by atoms with Crippen molar-refractivity contribution in [1.82, 2.24) is 15.0 Å². The number of halogens is 1. The van der Waals surface area contributed by atoms with Gasteiger partial charge in [0, 0.05) is 61.5 Å². The second kappa shape index (κ2) is 23.0. The number of hydrogen-bond acceptors (Lipinski definition) is 6. The number of allylic oxidation sites excluding steroid dienone is 2. The number of carbonyl (C=O) groups is 1. The van der Waals surface area contributed by atoms with E-state index in [1.54, 1.807) is 18.3 Å². The van der Waals surface area contributed by atoms with Crippen LogP contribution in [0.25, 0.3) is 66.3 Å². The molecule has 8 aromatic rings. The summed E-state index contributed by atoms with van der Waals surface area (Å²) < 4.78 is 21.2. The molecule has 0 spiro atoms. The predicted octanol–water partition coefficient (Wildman–Crippen LogP) is 18.4. The summed E-state index contributed by atoms with van der Waals surface area (Å²) in [6, 6.07) is 33.1. The summed E-state index contributed by atoms with van der Waals surface area (Å²) in [4.78, 5) is 26.6. The van der Waals surface area contributed by atoms with Crippen molar-refractivity contribution < 1.29 is 38.8 Å². The first-order valence-corrected chi connectivity index (χ1v) is 27.3. The van der Waals surface area contributed by atoms with Gasteiger partial charge in [0.05, 0.1) is 22.4 Å². The number of nitrogens with zero attached hydrogens (tertiary/aromatic N) is 3. The first-order valence-electron chi connectivity index (χ1n) is 27.3. The average Bonchev–Trinajstić information content (AvgIpc) is 4.02. The third-order valence-electron chi connectivity index (χ3n) is 16.0. The molecule has 3 aliphatic rings. The number of aliphatic hydroxyl groups is 1. The van der Waals surface area contributed by atoms with Crippen molar-refractivity contribution in [3.63, 3.8) is 0 Å². The summed E-state index contributed by atoms with van der Waals surface area (Å²) in [6.45, 7) is 21.7. The zero-order valence-electron chi connectivity index (χ0n) is 46.0. The van der Waals surface area contributed by atoms with Crippen LogP contribution in [-0.4, -0.2) is 25.8 Å². The SMILES string of the molecule is CC1(C)CCC(C(=O)/C=C(\O)C2CCC(C)(C)CC2)CC1.Cc1[c-]c(-c2cnc3c(C4CCCC4)cccc3n2)cc(C)c1.Cc1[c-]c(-c2nccc3cc(CC(C)(C)C)c(F)cc23)c2oc3ccccc3c2c1.[Ir]. The van der Waals surface area contributed by atoms with E-state index >= 15 is 4.39 Å². The number of aliphatic hydroxyl groups excluding tert-OH is 1. The van der Waals surface area contributed by atoms with E-state index in [2.05, 4.69) is 122 Å². The maximum Gasteiger partial charge on any atom is 0.162 e. The molecular formula is C67H76FIrN3O3-2. The van der Waals surface area contributed by atoms with Crippen molar-refractivity contribution >= 4 is 49.5 Å². The van der Waals surface area contributed by atoms with Crippen molar-refractivity contribution in [3.05, 3.63) is 149 Å². The summed E-state index contributed by atoms with van der Waals surface area (Å²) in [5.41, 5.74) is 13.3. The van der Waals surface area contributed by atoms with Crippen molar-refractivity contribution in [2.24, 2.45) is 28.1 Å². The zero-order chi connectivity index (χ0) is 52.5. The Labute approximate surface area is 458 Å². The molecule has 0 amide bonds. The van der Waals surface area contributed by atoms with Crippen LogP contribution in [0.2, 0.25) is 0 Å². The minimum absolute atomic E-state index is 0. The molecule has 3 heterocycles. The van der Waals surface area contributed by atoms with Crippen LogP contribution in [0, 0.1) is 66.8 Å². The normalized spacial score (nSPS) is 17.3. The van der Waals surface area contributed by atoms with Gasteiger partial charge in [0.2, 0.25) is 0 Å². The molecule has 3 aliphatic carbocycles. The number of carbonyl (C=O) groups excluding carboxylic acids is 1. The summed E-state index contributed by atoms with van der Waals surface area (Å²) in [5, 5.41) is 14.1. The van der Waals surface area contributed by atoms with Crippen LogP contribution < -0.4 is 0 Å². The number of fused-ring (bicyclic) bond motifs is 5. The van der Waals surface area contributed by atoms with Crippen LogP contribution in [0.15, 0.2) is 108 Å². The molecule has 0 bridgehead atoms. The minimum atomic E-state index is -0.194. The van der Waals surface area contributed by atoms with E-state index in [1.807, 2.05) is 43.5 Å². The largest absolute Gasteiger partial charge is 0.512 e. The van der Waals surface area contributed by atoms with Crippen LogP contribution >= 0.6 is 0 Å². The fourth-order valence-electron chi connectivity index (χ4n) is 11.8. The van der Waals surface area contributed by atoms with Crippen LogP contribution in [0.1, 0.15) is 159 Å². The maximum atomic E-state index is 15.0. The van der Waals surface area contributed by atoms with Gasteiger partial charge in [0.1, 0.15) is 11.4 Å². The van der Waals surface area contributed by atoms with E-state index in [1.165, 1.54) is 36.8 Å². The molecule has 6 nitrogen and oxygen atoms in total. The number of rotatable bonds is 7. The molecule has 8 heteroatoms. The number of pyridine rings is 1. The van der Waals surface area contributed by atoms with Gasteiger partial charge in [-0.2, -0.15) is 0 Å². The topological polar surface area (TPSA) is 89.1 Å². The van der Waals surface area contributed by atoms with Gasteiger partial charge in [-0.3, -0.25) is 14.8 Å². The monoisotopic (exact) mass is 1180 g/mol. The van der Waals surface area contributed by atoms with Gasteiger partial charge in [0.25, 0.3) is 0 Å². The third kappa shape index (κ3) is 13.3. The molecule has 5 aromatic carbocycles. The molecule has 1 N–H and O–H groups in total. The molecule has 0 atom stereocenters. The van der Waals surface area contributed by atoms with Crippen molar-refractivity contribution in [1.29, 1.82) is 0 Å². The Morgan fingerprint density at radius 3 is 2.12 bits per heavy atom. The molecule has 3 saturated carbocycles. The van der Waals surface area contributed by atoms with Gasteiger partial charge >= 0.3 is 0 Å². The Hall–Kier alpha value is -5.56. The van der Waals surface area contributed by atoms with Crippen molar-refractivity contribution in [3.8, 4) is 22.5 Å². The van der Waals surface area contributed by atoms with Gasteiger partial charge in [-0.1, -0.05) is 123 Å². The summed E-state index contributed by atoms with van der Waals surface area (Å²) >= 11 is 0. The second-order valence-electron chi connectivity index (χ2n) is 24.8. The van der Waals surface area contributed by atoms with Gasteiger partial charge in [0.15, 0.2) is 5.78 Å². The quantitative estimate of drug-likeness (QED) is 0.0972. The predicted molar refractivity (Wildman–Crippen MR) is 303 cm³/mol. The average molecular weight is 1180 g/mol. The standard InChI is InChI=1S/C27H23FNO.C21H21N2.C19H32O2.Ir/c1-16-11-21-19-7-5-6-8-24(19)30-26(21)22(12-16)25-20-14-23(28)18(15-27(2,3)4)13-17(20)9-10-29-25;1-14-10-15(2)12-17(11-14)20-13-22-21-18(16-6-3-4-7-16)8-5-9-19(21)23-20;1-18(2)9-5-14(6-10-18)16(20)13-17(21)15-7-11-19(3,4)12-8-15;/h5-11,13-14H,15H2,1-4H3;5,8-11,13,16H,3-4,6-7H2,1-2H3;13-15,20H,5-12H2,1-4H3;/q2*-1;;/b;;16-13-;. The van der Waals surface area contributed by atoms with E-state index in [0.29, 0.717) is 34.6 Å². The first kappa shape index (κ1) is 55.7. The number of aromatic nitrogens is 3. The molecule has 0 aliphatic heterocycles. The first-order chi connectivity index (χ1) is 35.2. The van der Waals surface area contributed by atoms with Crippen LogP contribution in [0.5, 0.6) is 0 Å². The van der Waals surface area contributed by atoms with E-state index in [0.717, 1.165) is 129 Å². The summed E-state index contributed by atoms with van der Waals surface area (Å²) in [6.07, 6.45) is 19.7. The van der Waals surface area contributed by atoms with Crippen molar-refractivity contribution in [2.75, 3.05) is 0 Å². The van der Waals surface area contributed by atoms with Gasteiger partial charge < -0.3 is 14.5 Å². The van der Waals surface area contributed by atoms with E-state index in [-0.39, 0.29) is 49.0 Å². The maximum absolute atomic E-state index is 15.0. The molecule has 3 aromatic heterocycles. The van der Waals surface area contributed by atoms with Crippen LogP contribution in [0.4, 0.5) is 4.39 Å². The Morgan fingerprint density at radius 1 is 0.773 bits per heavy atom. The Morgan fingerprint density at radius 2 is 1.44 bits per heavy atom. The van der Waals surface area contributed by atoms with E-state index < -0.39 is 0 Å². The molecule has 11 rings (SSSR count). The fourth-order valence-corrected chi connectivity index (χ4v) is 11.8. The Bertz CT molecular complexity index is 3330. The zero-order valence-corrected chi connectivity index (χ0v) is 48.4. The van der Waals surface area contributed by atoms with Crippen molar-refractivity contribution in [2.45, 2.75) is 159 Å². The number of furan rings is 1. The molecule has 0 unspecified atom stereocenters. The van der Waals surface area contributed by atoms with Crippen LogP contribution in [0.3, 0.4) is 0 Å². The Balaban J connectivity index is 0.000000152. The summed E-state index contributed by atoms with van der Waals surface area (Å²) in [7, 11) is 0. The molecular weight excluding hydrogens is 1110 g/mol. The summed E-state index contributed by atoms with van der Waals surface area (Å²) in [5.74, 6) is 1.32. The molecule has 395 valence electrons. The van der Waals surface area contributed by atoms with E-state index in [9.17, 15) is 9.90 Å². The number of ketones is 1. The molecule has 1 radical (unpaired) electrons. The minimum Gasteiger partial charge on any atom is -0.512 e. The number of para-hydroxylation sites is 2. The molecule has 75 heavy (non-hydrogen) atoms. The number of hydrogen-bond donors (Lipinski definition) is 1. The van der Waals surface area contributed by atoms with Gasteiger partial charge in [-0.05, 0) is 151 Å². The smallest absolute Gasteiger partial charge is 0.162 e. The van der Waals surface area contributed by atoms with Gasteiger partial charge in [-0.15, -0.1) is 52.6 Å². The van der Waals surface area contributed by atoms with Gasteiger partial charge in [-0.25, -0.2) is 4.39 Å². The molecule has 0 saturated heterocycles. The number of benzene rings is 5. The molecule has 3 fully saturated rings.